The molecule has 0 saturated heterocycles. The van der Waals surface area contributed by atoms with Crippen LogP contribution in [0.15, 0.2) is 35.1 Å². The molecule has 0 saturated carbocycles. The van der Waals surface area contributed by atoms with E-state index in [2.05, 4.69) is 20.0 Å². The summed E-state index contributed by atoms with van der Waals surface area (Å²) in [6.07, 6.45) is 0.756. The van der Waals surface area contributed by atoms with Crippen molar-refractivity contribution in [2.75, 3.05) is 6.54 Å². The highest BCUT2D eigenvalue weighted by Gasteiger charge is 2.23. The Hall–Kier alpha value is -2.22. The van der Waals surface area contributed by atoms with Gasteiger partial charge >= 0.3 is 0 Å². The number of halogens is 1. The van der Waals surface area contributed by atoms with Gasteiger partial charge in [0.05, 0.1) is 16.9 Å². The predicted octanol–water partition coefficient (Wildman–Crippen LogP) is 3.14. The van der Waals surface area contributed by atoms with E-state index in [1.807, 2.05) is 37.3 Å². The number of hydrogen-bond donors (Lipinski definition) is 2. The van der Waals surface area contributed by atoms with Gasteiger partial charge in [0.1, 0.15) is 5.15 Å². The molecule has 0 atom stereocenters. The van der Waals surface area contributed by atoms with Crippen molar-refractivity contribution in [3.63, 3.8) is 0 Å². The van der Waals surface area contributed by atoms with Crippen molar-refractivity contribution in [3.05, 3.63) is 73.1 Å². The van der Waals surface area contributed by atoms with Gasteiger partial charge in [-0.05, 0) is 31.3 Å². The van der Waals surface area contributed by atoms with E-state index in [0.29, 0.717) is 23.0 Å². The number of nitrogens with zero attached hydrogens (tertiary/aromatic N) is 3. The van der Waals surface area contributed by atoms with E-state index in [1.54, 1.807) is 4.68 Å². The molecule has 8 heteroatoms. The molecule has 1 aromatic carbocycles. The van der Waals surface area contributed by atoms with Gasteiger partial charge in [-0.25, -0.2) is 4.68 Å². The van der Waals surface area contributed by atoms with Crippen LogP contribution in [0.4, 0.5) is 0 Å². The maximum Gasteiger partial charge on any atom is 0.256 e. The van der Waals surface area contributed by atoms with Crippen LogP contribution in [0.25, 0.3) is 5.69 Å². The lowest BCUT2D eigenvalue weighted by molar-refractivity contribution is 0.241. The van der Waals surface area contributed by atoms with Crippen molar-refractivity contribution in [1.82, 2.24) is 24.6 Å². The summed E-state index contributed by atoms with van der Waals surface area (Å²) in [6.45, 7) is 3.99. The van der Waals surface area contributed by atoms with E-state index in [4.69, 9.17) is 23.8 Å². The number of hydrogen-bond acceptors (Lipinski definition) is 4. The van der Waals surface area contributed by atoms with E-state index in [1.165, 1.54) is 0 Å². The lowest BCUT2D eigenvalue weighted by atomic mass is 10.1. The highest BCUT2D eigenvalue weighted by Crippen LogP contribution is 2.26. The summed E-state index contributed by atoms with van der Waals surface area (Å²) in [6, 6.07) is 9.82. The van der Waals surface area contributed by atoms with Gasteiger partial charge in [-0.15, -0.1) is 0 Å². The second-order valence-electron chi connectivity index (χ2n) is 6.43. The van der Waals surface area contributed by atoms with Crippen LogP contribution in [0.1, 0.15) is 22.5 Å². The number of aromatic amines is 2. The fourth-order valence-corrected chi connectivity index (χ4v) is 3.87. The third-order valence-corrected chi connectivity index (χ3v) is 5.29. The molecule has 1 aliphatic rings. The van der Waals surface area contributed by atoms with E-state index in [9.17, 15) is 4.79 Å². The molecule has 1 aliphatic heterocycles. The Bertz CT molecular complexity index is 1070. The topological polar surface area (TPSA) is 69.7 Å². The monoisotopic (exact) mass is 387 g/mol. The van der Waals surface area contributed by atoms with Crippen molar-refractivity contribution < 1.29 is 0 Å². The van der Waals surface area contributed by atoms with Crippen LogP contribution in [-0.2, 0) is 19.5 Å². The van der Waals surface area contributed by atoms with Crippen LogP contribution in [0, 0.1) is 11.7 Å². The Balaban J connectivity index is 1.62. The molecule has 2 N–H and O–H groups in total. The van der Waals surface area contributed by atoms with Gasteiger partial charge in [-0.2, -0.15) is 5.10 Å². The maximum absolute atomic E-state index is 12.2. The van der Waals surface area contributed by atoms with Crippen LogP contribution in [0.3, 0.4) is 0 Å². The lowest BCUT2D eigenvalue weighted by Gasteiger charge is -2.27. The lowest BCUT2D eigenvalue weighted by Crippen LogP contribution is -2.35. The van der Waals surface area contributed by atoms with E-state index in [0.717, 1.165) is 41.2 Å². The summed E-state index contributed by atoms with van der Waals surface area (Å²) >= 11 is 11.7. The van der Waals surface area contributed by atoms with Crippen LogP contribution in [-0.4, -0.2) is 31.2 Å². The summed E-state index contributed by atoms with van der Waals surface area (Å²) < 4.78 is 2.14. The molecular formula is C18H18ClN5OS. The molecule has 3 heterocycles. The zero-order valence-corrected chi connectivity index (χ0v) is 15.8. The van der Waals surface area contributed by atoms with E-state index >= 15 is 0 Å². The van der Waals surface area contributed by atoms with Gasteiger partial charge in [0, 0.05) is 37.3 Å². The second kappa shape index (κ2) is 6.83. The molecular weight excluding hydrogens is 370 g/mol. The number of aryl methyl sites for hydroxylation is 1. The standard InChI is InChI=1S/C18H18ClN5OS/c1-11-13(16(19)24(22-11)12-5-3-2-4-6-12)9-23-8-7-15-14(10-23)17(25)21-18(26)20-15/h2-6H,7-10H2,1H3,(H2,20,21,25,26). The summed E-state index contributed by atoms with van der Waals surface area (Å²) in [4.78, 5) is 20.2. The number of benzene rings is 1. The first-order valence-corrected chi connectivity index (χ1v) is 9.17. The first-order chi connectivity index (χ1) is 12.5. The fourth-order valence-electron chi connectivity index (χ4n) is 3.32. The van der Waals surface area contributed by atoms with Gasteiger partial charge in [0.25, 0.3) is 5.56 Å². The molecule has 6 nitrogen and oxygen atoms in total. The van der Waals surface area contributed by atoms with Crippen molar-refractivity contribution in [1.29, 1.82) is 0 Å². The largest absolute Gasteiger partial charge is 0.335 e. The van der Waals surface area contributed by atoms with E-state index in [-0.39, 0.29) is 5.56 Å². The molecule has 0 fully saturated rings. The van der Waals surface area contributed by atoms with E-state index < -0.39 is 0 Å². The number of rotatable bonds is 3. The number of aromatic nitrogens is 4. The number of fused-ring (bicyclic) bond motifs is 1. The van der Waals surface area contributed by atoms with Crippen LogP contribution >= 0.6 is 23.8 Å². The summed E-state index contributed by atoms with van der Waals surface area (Å²) in [7, 11) is 0. The smallest absolute Gasteiger partial charge is 0.256 e. The first-order valence-electron chi connectivity index (χ1n) is 8.39. The van der Waals surface area contributed by atoms with Gasteiger partial charge in [-0.3, -0.25) is 14.7 Å². The molecule has 26 heavy (non-hydrogen) atoms. The number of H-pyrrole nitrogens is 2. The zero-order valence-electron chi connectivity index (χ0n) is 14.3. The van der Waals surface area contributed by atoms with Crippen molar-refractivity contribution in [3.8, 4) is 5.69 Å². The Morgan fingerprint density at radius 1 is 1.27 bits per heavy atom. The average Bonchev–Trinajstić information content (AvgIpc) is 2.91. The summed E-state index contributed by atoms with van der Waals surface area (Å²) in [5.74, 6) is 0. The number of nitrogens with one attached hydrogen (secondary N) is 2. The van der Waals surface area contributed by atoms with Crippen LogP contribution in [0.2, 0.25) is 5.15 Å². The quantitative estimate of drug-likeness (QED) is 0.677. The SMILES string of the molecule is Cc1nn(-c2ccccc2)c(Cl)c1CN1CCc2[nH]c(=S)[nH]c(=O)c2C1. The highest BCUT2D eigenvalue weighted by molar-refractivity contribution is 7.71. The van der Waals surface area contributed by atoms with Crippen molar-refractivity contribution in [2.45, 2.75) is 26.4 Å². The average molecular weight is 388 g/mol. The molecule has 3 aromatic rings. The Kier molecular flexibility index (Phi) is 4.52. The third-order valence-electron chi connectivity index (χ3n) is 4.69. The van der Waals surface area contributed by atoms with Crippen LogP contribution in [0.5, 0.6) is 0 Å². The fraction of sp³-hybridized carbons (Fsp3) is 0.278. The van der Waals surface area contributed by atoms with Crippen molar-refractivity contribution >= 4 is 23.8 Å². The third kappa shape index (κ3) is 3.13. The molecule has 0 aliphatic carbocycles. The molecule has 0 radical (unpaired) electrons. The normalized spacial score (nSPS) is 14.4. The summed E-state index contributed by atoms with van der Waals surface area (Å²) in [5.41, 5.74) is 4.37. The minimum absolute atomic E-state index is 0.115. The highest BCUT2D eigenvalue weighted by atomic mass is 35.5. The molecule has 0 spiro atoms. The van der Waals surface area contributed by atoms with Gasteiger partial charge < -0.3 is 4.98 Å². The molecule has 0 amide bonds. The molecule has 4 rings (SSSR count). The minimum Gasteiger partial charge on any atom is -0.335 e. The molecule has 0 bridgehead atoms. The predicted molar refractivity (Wildman–Crippen MR) is 103 cm³/mol. The Morgan fingerprint density at radius 2 is 2.04 bits per heavy atom. The van der Waals surface area contributed by atoms with Gasteiger partial charge in [-0.1, -0.05) is 29.8 Å². The van der Waals surface area contributed by atoms with Gasteiger partial charge in [0.15, 0.2) is 4.77 Å². The van der Waals surface area contributed by atoms with Crippen molar-refractivity contribution in [2.24, 2.45) is 0 Å². The first kappa shape index (κ1) is 17.2. The van der Waals surface area contributed by atoms with Crippen LogP contribution < -0.4 is 5.56 Å². The van der Waals surface area contributed by atoms with Gasteiger partial charge in [0.2, 0.25) is 0 Å². The maximum atomic E-state index is 12.2. The second-order valence-corrected chi connectivity index (χ2v) is 7.19. The number of para-hydroxylation sites is 1. The minimum atomic E-state index is -0.115. The molecule has 0 unspecified atom stereocenters. The molecule has 134 valence electrons. The Morgan fingerprint density at radius 3 is 2.81 bits per heavy atom. The summed E-state index contributed by atoms with van der Waals surface area (Å²) in [5, 5.41) is 5.20. The molecule has 2 aromatic heterocycles. The zero-order chi connectivity index (χ0) is 18.3. The Labute approximate surface area is 160 Å².